The summed E-state index contributed by atoms with van der Waals surface area (Å²) in [5, 5.41) is 8.02. The number of thiophene rings is 1. The second kappa shape index (κ2) is 5.90. The van der Waals surface area contributed by atoms with E-state index in [-0.39, 0.29) is 0 Å². The van der Waals surface area contributed by atoms with Gasteiger partial charge in [0, 0.05) is 33.8 Å². The van der Waals surface area contributed by atoms with E-state index < -0.39 is 0 Å². The van der Waals surface area contributed by atoms with Gasteiger partial charge in [0.25, 0.3) is 0 Å². The first-order valence-electron chi connectivity index (χ1n) is 5.91. The molecule has 4 nitrogen and oxygen atoms in total. The first kappa shape index (κ1) is 13.5. The highest BCUT2D eigenvalue weighted by Gasteiger charge is 2.07. The Kier molecular flexibility index (Phi) is 4.00. The molecule has 0 bridgehead atoms. The van der Waals surface area contributed by atoms with Gasteiger partial charge in [0.1, 0.15) is 10.8 Å². The van der Waals surface area contributed by atoms with E-state index in [0.29, 0.717) is 11.0 Å². The summed E-state index contributed by atoms with van der Waals surface area (Å²) in [4.78, 5) is 13.2. The molecular formula is C13H12N4S3. The second-order valence-electron chi connectivity index (χ2n) is 4.16. The van der Waals surface area contributed by atoms with Crippen LogP contribution < -0.4 is 5.73 Å². The fraction of sp³-hybridized carbons (Fsp3) is 0.154. The van der Waals surface area contributed by atoms with Crippen LogP contribution in [0.1, 0.15) is 11.4 Å². The number of nitrogens with two attached hydrogens (primary N) is 1. The van der Waals surface area contributed by atoms with Gasteiger partial charge in [0.2, 0.25) is 0 Å². The van der Waals surface area contributed by atoms with Crippen molar-refractivity contribution in [1.82, 2.24) is 15.0 Å². The highest BCUT2D eigenvalue weighted by Crippen LogP contribution is 2.28. The highest BCUT2D eigenvalue weighted by atomic mass is 32.2. The van der Waals surface area contributed by atoms with Crippen LogP contribution in [0.4, 0.5) is 5.82 Å². The van der Waals surface area contributed by atoms with E-state index in [4.69, 9.17) is 5.73 Å². The van der Waals surface area contributed by atoms with Crippen LogP contribution in [0.2, 0.25) is 0 Å². The Morgan fingerprint density at radius 1 is 1.25 bits per heavy atom. The average molecular weight is 320 g/mol. The molecule has 0 aliphatic heterocycles. The van der Waals surface area contributed by atoms with Gasteiger partial charge in [0.15, 0.2) is 5.16 Å². The monoisotopic (exact) mass is 320 g/mol. The first-order chi connectivity index (χ1) is 9.70. The summed E-state index contributed by atoms with van der Waals surface area (Å²) in [6.45, 7) is 1.92. The van der Waals surface area contributed by atoms with Gasteiger partial charge < -0.3 is 5.73 Å². The fourth-order valence-corrected chi connectivity index (χ4v) is 4.10. The van der Waals surface area contributed by atoms with Gasteiger partial charge in [-0.2, -0.15) is 11.3 Å². The zero-order valence-electron chi connectivity index (χ0n) is 10.7. The number of anilines is 1. The molecule has 3 aromatic rings. The SMILES string of the molecule is Cc1cc(N)nc(SCc2csc(-c3ccsc3)n2)n1. The molecule has 0 saturated heterocycles. The minimum absolute atomic E-state index is 0.511. The molecular weight excluding hydrogens is 308 g/mol. The van der Waals surface area contributed by atoms with E-state index in [0.717, 1.165) is 22.1 Å². The van der Waals surface area contributed by atoms with Gasteiger partial charge >= 0.3 is 0 Å². The number of nitrogens with zero attached hydrogens (tertiary/aromatic N) is 3. The van der Waals surface area contributed by atoms with Crippen molar-refractivity contribution in [2.24, 2.45) is 0 Å². The molecule has 0 saturated carbocycles. The molecule has 0 aromatic carbocycles. The summed E-state index contributed by atoms with van der Waals surface area (Å²) in [5.74, 6) is 1.26. The molecule has 0 aliphatic rings. The zero-order chi connectivity index (χ0) is 13.9. The van der Waals surface area contributed by atoms with Crippen LogP contribution in [0.3, 0.4) is 0 Å². The van der Waals surface area contributed by atoms with Gasteiger partial charge in [-0.1, -0.05) is 11.8 Å². The Bertz CT molecular complexity index is 686. The van der Waals surface area contributed by atoms with E-state index >= 15 is 0 Å². The predicted octanol–water partition coefficient (Wildman–Crippen LogP) is 3.84. The van der Waals surface area contributed by atoms with Crippen LogP contribution in [0, 0.1) is 6.92 Å². The Morgan fingerprint density at radius 3 is 2.90 bits per heavy atom. The quantitative estimate of drug-likeness (QED) is 0.584. The first-order valence-corrected chi connectivity index (χ1v) is 8.72. The summed E-state index contributed by atoms with van der Waals surface area (Å²) >= 11 is 4.91. The molecule has 7 heteroatoms. The Hall–Kier alpha value is -1.44. The van der Waals surface area contributed by atoms with E-state index in [9.17, 15) is 0 Å². The number of hydrogen-bond acceptors (Lipinski definition) is 7. The molecule has 0 spiro atoms. The third-order valence-corrected chi connectivity index (χ3v) is 5.03. The van der Waals surface area contributed by atoms with E-state index in [1.165, 1.54) is 5.56 Å². The van der Waals surface area contributed by atoms with Gasteiger partial charge in [-0.3, -0.25) is 0 Å². The smallest absolute Gasteiger partial charge is 0.190 e. The number of aryl methyl sites for hydroxylation is 1. The largest absolute Gasteiger partial charge is 0.384 e. The van der Waals surface area contributed by atoms with Crippen molar-refractivity contribution in [2.75, 3.05) is 5.73 Å². The third kappa shape index (κ3) is 3.17. The average Bonchev–Trinajstić information content (AvgIpc) is 3.06. The van der Waals surface area contributed by atoms with Crippen LogP contribution in [0.25, 0.3) is 10.6 Å². The van der Waals surface area contributed by atoms with Crippen LogP contribution in [-0.2, 0) is 5.75 Å². The molecule has 0 amide bonds. The van der Waals surface area contributed by atoms with Crippen molar-refractivity contribution in [3.63, 3.8) is 0 Å². The van der Waals surface area contributed by atoms with Gasteiger partial charge in [0.05, 0.1) is 5.69 Å². The lowest BCUT2D eigenvalue weighted by Gasteiger charge is -2.01. The molecule has 102 valence electrons. The van der Waals surface area contributed by atoms with E-state index in [1.54, 1.807) is 40.5 Å². The molecule has 2 N–H and O–H groups in total. The highest BCUT2D eigenvalue weighted by molar-refractivity contribution is 7.98. The maximum absolute atomic E-state index is 5.72. The molecule has 3 aromatic heterocycles. The molecule has 3 heterocycles. The number of rotatable bonds is 4. The summed E-state index contributed by atoms with van der Waals surface area (Å²) < 4.78 is 0. The van der Waals surface area contributed by atoms with Crippen molar-refractivity contribution >= 4 is 40.3 Å². The molecule has 20 heavy (non-hydrogen) atoms. The topological polar surface area (TPSA) is 64.7 Å². The van der Waals surface area contributed by atoms with E-state index in [1.807, 2.05) is 6.92 Å². The molecule has 3 rings (SSSR count). The summed E-state index contributed by atoms with van der Waals surface area (Å²) in [7, 11) is 0. The van der Waals surface area contributed by atoms with Crippen LogP contribution in [-0.4, -0.2) is 15.0 Å². The van der Waals surface area contributed by atoms with E-state index in [2.05, 4.69) is 37.2 Å². The normalized spacial score (nSPS) is 10.8. The van der Waals surface area contributed by atoms with Gasteiger partial charge in [-0.15, -0.1) is 11.3 Å². The number of thiazole rings is 1. The summed E-state index contributed by atoms with van der Waals surface area (Å²) in [6, 6.07) is 3.85. The Labute approximate surface area is 129 Å². The van der Waals surface area contributed by atoms with Gasteiger partial charge in [-0.05, 0) is 18.4 Å². The molecule has 0 radical (unpaired) electrons. The number of aromatic nitrogens is 3. The number of hydrogen-bond donors (Lipinski definition) is 1. The molecule has 0 atom stereocenters. The standard InChI is InChI=1S/C13H12N4S3/c1-8-4-11(14)17-13(15-8)20-7-10-6-19-12(16-10)9-2-3-18-5-9/h2-6H,7H2,1H3,(H2,14,15,17). The van der Waals surface area contributed by atoms with Crippen molar-refractivity contribution in [1.29, 1.82) is 0 Å². The van der Waals surface area contributed by atoms with Crippen molar-refractivity contribution < 1.29 is 0 Å². The number of nitrogen functional groups attached to an aromatic ring is 1. The lowest BCUT2D eigenvalue weighted by molar-refractivity contribution is 0.939. The fourth-order valence-electron chi connectivity index (χ4n) is 1.66. The maximum Gasteiger partial charge on any atom is 0.190 e. The maximum atomic E-state index is 5.72. The van der Waals surface area contributed by atoms with Crippen LogP contribution in [0.15, 0.2) is 33.4 Å². The second-order valence-corrected chi connectivity index (χ2v) is 6.74. The van der Waals surface area contributed by atoms with Crippen LogP contribution in [0.5, 0.6) is 0 Å². The van der Waals surface area contributed by atoms with Crippen LogP contribution >= 0.6 is 34.4 Å². The zero-order valence-corrected chi connectivity index (χ0v) is 13.2. The lowest BCUT2D eigenvalue weighted by atomic mass is 10.4. The summed E-state index contributed by atoms with van der Waals surface area (Å²) in [5.41, 5.74) is 8.84. The van der Waals surface area contributed by atoms with Gasteiger partial charge in [-0.25, -0.2) is 15.0 Å². The Morgan fingerprint density at radius 2 is 2.15 bits per heavy atom. The molecule has 0 fully saturated rings. The molecule has 0 aliphatic carbocycles. The minimum atomic E-state index is 0.511. The van der Waals surface area contributed by atoms with Crippen molar-refractivity contribution in [3.05, 3.63) is 39.7 Å². The third-order valence-electron chi connectivity index (χ3n) is 2.52. The predicted molar refractivity (Wildman–Crippen MR) is 86.2 cm³/mol. The minimum Gasteiger partial charge on any atom is -0.384 e. The van der Waals surface area contributed by atoms with Crippen molar-refractivity contribution in [3.8, 4) is 10.6 Å². The van der Waals surface area contributed by atoms with Crippen molar-refractivity contribution in [2.45, 2.75) is 17.8 Å². The molecule has 0 unspecified atom stereocenters. The number of thioether (sulfide) groups is 1. The summed E-state index contributed by atoms with van der Waals surface area (Å²) in [6.07, 6.45) is 0. The Balaban J connectivity index is 1.69. The lowest BCUT2D eigenvalue weighted by Crippen LogP contribution is -1.96.